The maximum absolute atomic E-state index is 11.9. The van der Waals surface area contributed by atoms with E-state index in [4.69, 9.17) is 0 Å². The molecule has 2 aromatic carbocycles. The summed E-state index contributed by atoms with van der Waals surface area (Å²) in [6, 6.07) is 15.4. The Balaban J connectivity index is 2.15. The first kappa shape index (κ1) is 16.9. The van der Waals surface area contributed by atoms with E-state index in [2.05, 4.69) is 4.93 Å². The molecule has 22 heavy (non-hydrogen) atoms. The monoisotopic (exact) mass is 407 g/mol. The van der Waals surface area contributed by atoms with E-state index in [1.54, 1.807) is 0 Å². The van der Waals surface area contributed by atoms with Gasteiger partial charge < -0.3 is 0 Å². The van der Waals surface area contributed by atoms with Gasteiger partial charge in [0.15, 0.2) is 0 Å². The van der Waals surface area contributed by atoms with Crippen molar-refractivity contribution in [3.05, 3.63) is 59.7 Å². The fourth-order valence-corrected chi connectivity index (χ4v) is 3.40. The molecule has 0 amide bonds. The number of alkyl halides is 2. The van der Waals surface area contributed by atoms with Crippen LogP contribution in [0.3, 0.4) is 0 Å². The number of benzene rings is 2. The number of rotatable bonds is 7. The molecule has 0 atom stereocenters. The summed E-state index contributed by atoms with van der Waals surface area (Å²) < 4.78 is 0.701. The van der Waals surface area contributed by atoms with E-state index in [1.165, 1.54) is 0 Å². The predicted octanol–water partition coefficient (Wildman–Crippen LogP) is 1.24. The first-order valence-electron chi connectivity index (χ1n) is 7.36. The number of carbonyl (C=O) groups is 2. The van der Waals surface area contributed by atoms with E-state index in [0.717, 1.165) is 28.7 Å². The number of Topliss-reactive ketones (excluding diaryl/α,β-unsaturated/α-hetero) is 2. The molecule has 0 heterocycles. The van der Waals surface area contributed by atoms with Crippen LogP contribution in [0.5, 0.6) is 0 Å². The Morgan fingerprint density at radius 1 is 0.818 bits per heavy atom. The Bertz CT molecular complexity index is 583. The van der Waals surface area contributed by atoms with Gasteiger partial charge in [-0.15, -0.1) is 0 Å². The quantitative estimate of drug-likeness (QED) is 0.393. The summed E-state index contributed by atoms with van der Waals surface area (Å²) in [6.45, 7) is 2.01. The molecule has 0 aromatic heterocycles. The van der Waals surface area contributed by atoms with Gasteiger partial charge in [-0.1, -0.05) is 6.92 Å². The van der Waals surface area contributed by atoms with Gasteiger partial charge >= 0.3 is 129 Å². The van der Waals surface area contributed by atoms with Gasteiger partial charge in [-0.2, -0.15) is 0 Å². The van der Waals surface area contributed by atoms with Crippen molar-refractivity contribution in [2.24, 2.45) is 0 Å². The minimum atomic E-state index is -0.00627. The summed E-state index contributed by atoms with van der Waals surface area (Å²) in [5, 5.41) is 0. The molecule has 2 aromatic rings. The van der Waals surface area contributed by atoms with Crippen LogP contribution in [0.4, 0.5) is 0 Å². The Morgan fingerprint density at radius 2 is 1.27 bits per heavy atom. The second kappa shape index (κ2) is 8.22. The van der Waals surface area contributed by atoms with Crippen molar-refractivity contribution in [1.29, 1.82) is 0 Å². The van der Waals surface area contributed by atoms with Crippen LogP contribution < -0.4 is 21.2 Å². The molecule has 116 valence electrons. The van der Waals surface area contributed by atoms with E-state index in [9.17, 15) is 9.59 Å². The van der Waals surface area contributed by atoms with Crippen molar-refractivity contribution in [3.8, 4) is 11.1 Å². The van der Waals surface area contributed by atoms with Crippen LogP contribution in [-0.2, 0) is 0 Å². The van der Waals surface area contributed by atoms with Crippen LogP contribution in [0, 0.1) is 0 Å². The topological polar surface area (TPSA) is 34.1 Å². The Kier molecular flexibility index (Phi) is 6.31. The molecule has 0 unspecified atom stereocenters. The van der Waals surface area contributed by atoms with Gasteiger partial charge in [-0.3, -0.25) is 0 Å². The summed E-state index contributed by atoms with van der Waals surface area (Å²) >= 11 is -0.00627. The van der Waals surface area contributed by atoms with Gasteiger partial charge in [-0.05, 0) is 6.42 Å². The van der Waals surface area contributed by atoms with Crippen LogP contribution >= 0.6 is 0 Å². The number of ketones is 2. The van der Waals surface area contributed by atoms with Crippen molar-refractivity contribution in [2.45, 2.75) is 19.8 Å². The van der Waals surface area contributed by atoms with Crippen molar-refractivity contribution in [1.82, 2.24) is 0 Å². The average Bonchev–Trinajstić information content (AvgIpc) is 2.55. The SMILES string of the molecule is CCCC(=O)c1ccc(-c2ccc(C(=O)C[I-]C)cc2)cc1. The molecular weight excluding hydrogens is 387 g/mol. The van der Waals surface area contributed by atoms with Gasteiger partial charge in [0.05, 0.1) is 0 Å². The molecule has 0 N–H and O–H groups in total. The normalized spacial score (nSPS) is 10.6. The molecule has 0 saturated carbocycles. The third-order valence-electron chi connectivity index (χ3n) is 3.48. The molecule has 0 saturated heterocycles. The predicted molar refractivity (Wildman–Crippen MR) is 86.2 cm³/mol. The van der Waals surface area contributed by atoms with E-state index >= 15 is 0 Å². The van der Waals surface area contributed by atoms with Gasteiger partial charge in [-0.25, -0.2) is 0 Å². The van der Waals surface area contributed by atoms with Crippen LogP contribution in [0.25, 0.3) is 11.1 Å². The molecule has 0 fully saturated rings. The van der Waals surface area contributed by atoms with Gasteiger partial charge in [0.2, 0.25) is 0 Å². The van der Waals surface area contributed by atoms with Gasteiger partial charge in [0.1, 0.15) is 0 Å². The van der Waals surface area contributed by atoms with Crippen molar-refractivity contribution in [3.63, 3.8) is 0 Å². The summed E-state index contributed by atoms with van der Waals surface area (Å²) in [6.07, 6.45) is 1.46. The average molecular weight is 407 g/mol. The third kappa shape index (κ3) is 4.26. The summed E-state index contributed by atoms with van der Waals surface area (Å²) in [4.78, 5) is 25.8. The van der Waals surface area contributed by atoms with E-state index in [1.807, 2.05) is 55.5 Å². The van der Waals surface area contributed by atoms with Crippen LogP contribution in [0.15, 0.2) is 48.5 Å². The van der Waals surface area contributed by atoms with Crippen molar-refractivity contribution < 1.29 is 30.8 Å². The second-order valence-corrected chi connectivity index (χ2v) is 7.44. The van der Waals surface area contributed by atoms with Crippen LogP contribution in [0.1, 0.15) is 40.5 Å². The van der Waals surface area contributed by atoms with E-state index in [0.29, 0.717) is 10.8 Å². The first-order chi connectivity index (χ1) is 10.7. The molecule has 0 spiro atoms. The summed E-state index contributed by atoms with van der Waals surface area (Å²) in [5.41, 5.74) is 3.69. The molecule has 0 aliphatic heterocycles. The first-order valence-corrected chi connectivity index (χ1v) is 11.0. The zero-order chi connectivity index (χ0) is 15.9. The molecule has 3 heteroatoms. The maximum atomic E-state index is 11.9. The second-order valence-electron chi connectivity index (χ2n) is 5.15. The zero-order valence-electron chi connectivity index (χ0n) is 12.9. The molecular formula is C19H20IO2-. The molecule has 0 aliphatic rings. The zero-order valence-corrected chi connectivity index (χ0v) is 15.1. The summed E-state index contributed by atoms with van der Waals surface area (Å²) in [7, 11) is 0. The minimum absolute atomic E-state index is 0.00627. The van der Waals surface area contributed by atoms with Crippen molar-refractivity contribution >= 4 is 11.6 Å². The number of carbonyl (C=O) groups excluding carboxylic acids is 2. The van der Waals surface area contributed by atoms with Gasteiger partial charge in [0, 0.05) is 0 Å². The van der Waals surface area contributed by atoms with Gasteiger partial charge in [0.25, 0.3) is 0 Å². The number of hydrogen-bond acceptors (Lipinski definition) is 2. The Labute approximate surface area is 142 Å². The van der Waals surface area contributed by atoms with Crippen molar-refractivity contribution in [2.75, 3.05) is 9.36 Å². The van der Waals surface area contributed by atoms with Crippen LogP contribution in [-0.4, -0.2) is 20.9 Å². The standard InChI is InChI=1S/C19H20IO2/c1-3-4-18(21)16-9-5-14(6-10-16)15-7-11-17(12-8-15)19(22)13-20-2/h5-12H,3-4,13H2,1-2H3/q-1. The molecule has 2 nitrogen and oxygen atoms in total. The molecule has 0 bridgehead atoms. The van der Waals surface area contributed by atoms with E-state index < -0.39 is 0 Å². The Hall–Kier alpha value is -1.49. The number of hydrogen-bond donors (Lipinski definition) is 0. The number of halogens is 1. The van der Waals surface area contributed by atoms with E-state index in [-0.39, 0.29) is 32.8 Å². The third-order valence-corrected chi connectivity index (χ3v) is 4.93. The fraction of sp³-hybridized carbons (Fsp3) is 0.263. The van der Waals surface area contributed by atoms with Crippen LogP contribution in [0.2, 0.25) is 0 Å². The molecule has 0 radical (unpaired) electrons. The molecule has 0 aliphatic carbocycles. The summed E-state index contributed by atoms with van der Waals surface area (Å²) in [5.74, 6) is 0.431. The Morgan fingerprint density at radius 3 is 1.68 bits per heavy atom. The molecule has 2 rings (SSSR count). The fourth-order valence-electron chi connectivity index (χ4n) is 2.27.